The molecule has 0 radical (unpaired) electrons. The van der Waals surface area contributed by atoms with E-state index in [-0.39, 0.29) is 23.8 Å². The van der Waals surface area contributed by atoms with Crippen molar-refractivity contribution < 1.29 is 14.3 Å². The molecule has 21 heavy (non-hydrogen) atoms. The number of ether oxygens (including phenoxy) is 1. The number of nitrogens with one attached hydrogen (secondary N) is 1. The molecule has 0 heterocycles. The molecule has 0 atom stereocenters. The van der Waals surface area contributed by atoms with Crippen LogP contribution >= 0.6 is 11.6 Å². The predicted molar refractivity (Wildman–Crippen MR) is 80.5 cm³/mol. The van der Waals surface area contributed by atoms with Gasteiger partial charge in [0.15, 0.2) is 6.61 Å². The summed E-state index contributed by atoms with van der Waals surface area (Å²) in [4.78, 5) is 23.0. The lowest BCUT2D eigenvalue weighted by molar-refractivity contribution is -0.118. The summed E-state index contributed by atoms with van der Waals surface area (Å²) in [6.07, 6.45) is 0. The number of hydrogen-bond acceptors (Lipinski definition) is 3. The van der Waals surface area contributed by atoms with E-state index >= 15 is 0 Å². The second-order valence-electron chi connectivity index (χ2n) is 4.18. The molecule has 0 aliphatic rings. The Balaban J connectivity index is 1.99. The minimum absolute atomic E-state index is 0.225. The van der Waals surface area contributed by atoms with Gasteiger partial charge in [-0.25, -0.2) is 0 Å². The number of para-hydroxylation sites is 2. The second kappa shape index (κ2) is 6.76. The van der Waals surface area contributed by atoms with Gasteiger partial charge in [-0.2, -0.15) is 0 Å². The highest BCUT2D eigenvalue weighted by molar-refractivity contribution is 6.33. The SMILES string of the molecule is NC(=O)c1ccccc1OCC(=O)Nc1ccccc1Cl. The quantitative estimate of drug-likeness (QED) is 0.890. The average Bonchev–Trinajstić information content (AvgIpc) is 2.48. The predicted octanol–water partition coefficient (Wildman–Crippen LogP) is 2.46. The first-order valence-electron chi connectivity index (χ1n) is 6.14. The van der Waals surface area contributed by atoms with Crippen molar-refractivity contribution in [1.82, 2.24) is 0 Å². The lowest BCUT2D eigenvalue weighted by Gasteiger charge is -2.10. The monoisotopic (exact) mass is 304 g/mol. The van der Waals surface area contributed by atoms with Gasteiger partial charge in [0.1, 0.15) is 5.75 Å². The number of benzene rings is 2. The molecular weight excluding hydrogens is 292 g/mol. The molecule has 0 spiro atoms. The third kappa shape index (κ3) is 3.97. The number of nitrogens with two attached hydrogens (primary N) is 1. The molecule has 5 nitrogen and oxygen atoms in total. The lowest BCUT2D eigenvalue weighted by Crippen LogP contribution is -2.21. The van der Waals surface area contributed by atoms with Crippen LogP contribution < -0.4 is 15.8 Å². The maximum atomic E-state index is 11.8. The smallest absolute Gasteiger partial charge is 0.262 e. The zero-order chi connectivity index (χ0) is 15.2. The standard InChI is InChI=1S/C15H13ClN2O3/c16-11-6-2-3-7-12(11)18-14(19)9-21-13-8-4-1-5-10(13)15(17)20/h1-8H,9H2,(H2,17,20)(H,18,19). The summed E-state index contributed by atoms with van der Waals surface area (Å²) in [6.45, 7) is -0.254. The number of hydrogen-bond donors (Lipinski definition) is 2. The molecule has 2 amide bonds. The van der Waals surface area contributed by atoms with Crippen molar-refractivity contribution in [2.75, 3.05) is 11.9 Å². The number of carbonyl (C=O) groups is 2. The van der Waals surface area contributed by atoms with Crippen molar-refractivity contribution in [2.24, 2.45) is 5.73 Å². The summed E-state index contributed by atoms with van der Waals surface area (Å²) in [6, 6.07) is 13.3. The van der Waals surface area contributed by atoms with Crippen LogP contribution in [0.5, 0.6) is 5.75 Å². The zero-order valence-electron chi connectivity index (χ0n) is 11.0. The molecule has 0 saturated heterocycles. The summed E-state index contributed by atoms with van der Waals surface area (Å²) in [5.74, 6) is -0.737. The summed E-state index contributed by atoms with van der Waals surface area (Å²) in [5.41, 5.74) is 5.95. The molecule has 6 heteroatoms. The van der Waals surface area contributed by atoms with Crippen LogP contribution in [0.2, 0.25) is 5.02 Å². The molecule has 3 N–H and O–H groups in total. The van der Waals surface area contributed by atoms with Gasteiger partial charge in [0.05, 0.1) is 16.3 Å². The Morgan fingerprint density at radius 1 is 1.10 bits per heavy atom. The van der Waals surface area contributed by atoms with Gasteiger partial charge in [0.2, 0.25) is 0 Å². The molecule has 0 fully saturated rings. The van der Waals surface area contributed by atoms with E-state index in [0.717, 1.165) is 0 Å². The topological polar surface area (TPSA) is 81.4 Å². The van der Waals surface area contributed by atoms with Gasteiger partial charge in [-0.1, -0.05) is 35.9 Å². The summed E-state index contributed by atoms with van der Waals surface area (Å²) >= 11 is 5.94. The third-order valence-corrected chi connectivity index (χ3v) is 2.99. The van der Waals surface area contributed by atoms with E-state index in [1.165, 1.54) is 6.07 Å². The van der Waals surface area contributed by atoms with Gasteiger partial charge in [-0.15, -0.1) is 0 Å². The minimum atomic E-state index is -0.614. The Hall–Kier alpha value is -2.53. The molecule has 2 rings (SSSR count). The zero-order valence-corrected chi connectivity index (χ0v) is 11.8. The van der Waals surface area contributed by atoms with Crippen LogP contribution in [0.3, 0.4) is 0 Å². The number of amides is 2. The molecule has 0 unspecified atom stereocenters. The highest BCUT2D eigenvalue weighted by Crippen LogP contribution is 2.21. The number of halogens is 1. The van der Waals surface area contributed by atoms with E-state index in [1.54, 1.807) is 42.5 Å². The van der Waals surface area contributed by atoms with E-state index in [9.17, 15) is 9.59 Å². The Bertz CT molecular complexity index is 673. The normalized spacial score (nSPS) is 9.95. The first kappa shape index (κ1) is 14.9. The van der Waals surface area contributed by atoms with Crippen LogP contribution in [-0.2, 0) is 4.79 Å². The average molecular weight is 305 g/mol. The van der Waals surface area contributed by atoms with Crippen LogP contribution in [0.4, 0.5) is 5.69 Å². The minimum Gasteiger partial charge on any atom is -0.483 e. The van der Waals surface area contributed by atoms with Gasteiger partial charge >= 0.3 is 0 Å². The van der Waals surface area contributed by atoms with Gasteiger partial charge in [-0.3, -0.25) is 9.59 Å². The number of anilines is 1. The highest BCUT2D eigenvalue weighted by Gasteiger charge is 2.11. The van der Waals surface area contributed by atoms with Gasteiger partial charge < -0.3 is 15.8 Å². The van der Waals surface area contributed by atoms with Gasteiger partial charge in [0, 0.05) is 0 Å². The van der Waals surface area contributed by atoms with Crippen LogP contribution in [-0.4, -0.2) is 18.4 Å². The fraction of sp³-hybridized carbons (Fsp3) is 0.0667. The van der Waals surface area contributed by atoms with Crippen molar-refractivity contribution in [3.63, 3.8) is 0 Å². The number of carbonyl (C=O) groups excluding carboxylic acids is 2. The molecular formula is C15H13ClN2O3. The van der Waals surface area contributed by atoms with Crippen molar-refractivity contribution in [3.8, 4) is 5.75 Å². The molecule has 0 saturated carbocycles. The van der Waals surface area contributed by atoms with Crippen molar-refractivity contribution >= 4 is 29.1 Å². The molecule has 0 aromatic heterocycles. The van der Waals surface area contributed by atoms with Gasteiger partial charge in [-0.05, 0) is 24.3 Å². The van der Waals surface area contributed by atoms with E-state index in [0.29, 0.717) is 10.7 Å². The van der Waals surface area contributed by atoms with Crippen molar-refractivity contribution in [1.29, 1.82) is 0 Å². The maximum absolute atomic E-state index is 11.8. The molecule has 108 valence electrons. The van der Waals surface area contributed by atoms with Crippen LogP contribution in [0.15, 0.2) is 48.5 Å². The first-order valence-corrected chi connectivity index (χ1v) is 6.51. The van der Waals surface area contributed by atoms with Crippen LogP contribution in [0, 0.1) is 0 Å². The van der Waals surface area contributed by atoms with E-state index in [2.05, 4.69) is 5.32 Å². The number of rotatable bonds is 5. The Kier molecular flexibility index (Phi) is 4.79. The number of primary amides is 1. The molecule has 0 aliphatic heterocycles. The van der Waals surface area contributed by atoms with Crippen molar-refractivity contribution in [2.45, 2.75) is 0 Å². The van der Waals surface area contributed by atoms with Crippen LogP contribution in [0.25, 0.3) is 0 Å². The van der Waals surface area contributed by atoms with Gasteiger partial charge in [0.25, 0.3) is 11.8 Å². The Morgan fingerprint density at radius 2 is 1.76 bits per heavy atom. The molecule has 2 aromatic carbocycles. The maximum Gasteiger partial charge on any atom is 0.262 e. The van der Waals surface area contributed by atoms with E-state index in [1.807, 2.05) is 0 Å². The largest absolute Gasteiger partial charge is 0.483 e. The van der Waals surface area contributed by atoms with E-state index in [4.69, 9.17) is 22.1 Å². The third-order valence-electron chi connectivity index (χ3n) is 2.66. The molecule has 0 bridgehead atoms. The second-order valence-corrected chi connectivity index (χ2v) is 4.58. The lowest BCUT2D eigenvalue weighted by atomic mass is 10.2. The molecule has 0 aliphatic carbocycles. The fourth-order valence-corrected chi connectivity index (χ4v) is 1.87. The first-order chi connectivity index (χ1) is 10.1. The van der Waals surface area contributed by atoms with Crippen molar-refractivity contribution in [3.05, 3.63) is 59.1 Å². The summed E-state index contributed by atoms with van der Waals surface area (Å²) in [5, 5.41) is 3.05. The Morgan fingerprint density at radius 3 is 2.48 bits per heavy atom. The Labute approximate surface area is 126 Å². The summed E-state index contributed by atoms with van der Waals surface area (Å²) < 4.78 is 5.32. The summed E-state index contributed by atoms with van der Waals surface area (Å²) in [7, 11) is 0. The highest BCUT2D eigenvalue weighted by atomic mass is 35.5. The molecule has 2 aromatic rings. The van der Waals surface area contributed by atoms with Crippen LogP contribution in [0.1, 0.15) is 10.4 Å². The van der Waals surface area contributed by atoms with E-state index < -0.39 is 5.91 Å². The fourth-order valence-electron chi connectivity index (χ4n) is 1.69.